The molecule has 0 N–H and O–H groups in total. The number of hydrogen-bond acceptors (Lipinski definition) is 5. The SMILES string of the molecule is Cc1ccc(C2=NOC(=O)/C2=C\N2CCOCC2)cc1. The summed E-state index contributed by atoms with van der Waals surface area (Å²) < 4.78 is 5.30. The zero-order valence-corrected chi connectivity index (χ0v) is 11.3. The minimum absolute atomic E-state index is 0.396. The number of hydrogen-bond donors (Lipinski definition) is 0. The van der Waals surface area contributed by atoms with Gasteiger partial charge in [0.05, 0.1) is 13.2 Å². The average Bonchev–Trinajstić information content (AvgIpc) is 2.83. The van der Waals surface area contributed by atoms with Crippen LogP contribution >= 0.6 is 0 Å². The van der Waals surface area contributed by atoms with Crippen LogP contribution in [0.5, 0.6) is 0 Å². The zero-order valence-electron chi connectivity index (χ0n) is 11.3. The fourth-order valence-electron chi connectivity index (χ4n) is 2.20. The van der Waals surface area contributed by atoms with Gasteiger partial charge in [0.15, 0.2) is 0 Å². The standard InChI is InChI=1S/C15H16N2O3/c1-11-2-4-12(5-3-11)14-13(15(18)20-16-14)10-17-6-8-19-9-7-17/h2-5,10H,6-9H2,1H3/b13-10-. The summed E-state index contributed by atoms with van der Waals surface area (Å²) >= 11 is 0. The van der Waals surface area contributed by atoms with Crippen molar-refractivity contribution in [2.45, 2.75) is 6.92 Å². The molecular weight excluding hydrogens is 256 g/mol. The molecule has 0 unspecified atom stereocenters. The Balaban J connectivity index is 1.87. The molecule has 1 aromatic carbocycles. The van der Waals surface area contributed by atoms with Gasteiger partial charge in [-0.1, -0.05) is 35.0 Å². The Morgan fingerprint density at radius 3 is 2.60 bits per heavy atom. The van der Waals surface area contributed by atoms with E-state index in [1.165, 1.54) is 5.56 Å². The van der Waals surface area contributed by atoms with Crippen LogP contribution in [0, 0.1) is 6.92 Å². The van der Waals surface area contributed by atoms with Crippen molar-refractivity contribution >= 4 is 11.7 Å². The van der Waals surface area contributed by atoms with Crippen LogP contribution in [0.1, 0.15) is 11.1 Å². The first-order valence-electron chi connectivity index (χ1n) is 6.64. The van der Waals surface area contributed by atoms with Gasteiger partial charge in [-0.15, -0.1) is 0 Å². The van der Waals surface area contributed by atoms with Gasteiger partial charge in [0.2, 0.25) is 0 Å². The summed E-state index contributed by atoms with van der Waals surface area (Å²) in [7, 11) is 0. The van der Waals surface area contributed by atoms with Crippen molar-refractivity contribution in [2.24, 2.45) is 5.16 Å². The highest BCUT2D eigenvalue weighted by atomic mass is 16.7. The van der Waals surface area contributed by atoms with E-state index in [0.717, 1.165) is 18.7 Å². The van der Waals surface area contributed by atoms with Crippen LogP contribution in [-0.4, -0.2) is 42.9 Å². The predicted molar refractivity (Wildman–Crippen MR) is 74.3 cm³/mol. The minimum atomic E-state index is -0.396. The number of aryl methyl sites for hydroxylation is 1. The van der Waals surface area contributed by atoms with Crippen LogP contribution in [0.4, 0.5) is 0 Å². The molecule has 0 bridgehead atoms. The van der Waals surface area contributed by atoms with E-state index < -0.39 is 5.97 Å². The molecule has 1 saturated heterocycles. The molecule has 0 aromatic heterocycles. The first-order valence-corrected chi connectivity index (χ1v) is 6.64. The van der Waals surface area contributed by atoms with E-state index >= 15 is 0 Å². The van der Waals surface area contributed by atoms with Crippen LogP contribution in [0.15, 0.2) is 41.2 Å². The van der Waals surface area contributed by atoms with Crippen molar-refractivity contribution in [2.75, 3.05) is 26.3 Å². The Kier molecular flexibility index (Phi) is 3.52. The van der Waals surface area contributed by atoms with E-state index in [9.17, 15) is 4.79 Å². The van der Waals surface area contributed by atoms with Gasteiger partial charge in [0, 0.05) is 24.9 Å². The summed E-state index contributed by atoms with van der Waals surface area (Å²) in [4.78, 5) is 18.7. The topological polar surface area (TPSA) is 51.1 Å². The maximum atomic E-state index is 11.8. The lowest BCUT2D eigenvalue weighted by Gasteiger charge is -2.25. The molecule has 2 aliphatic heterocycles. The second-order valence-electron chi connectivity index (χ2n) is 4.88. The second kappa shape index (κ2) is 5.46. The number of benzene rings is 1. The van der Waals surface area contributed by atoms with Gasteiger partial charge in [-0.05, 0) is 6.92 Å². The number of morpholine rings is 1. The first-order chi connectivity index (χ1) is 9.74. The highest BCUT2D eigenvalue weighted by Gasteiger charge is 2.27. The summed E-state index contributed by atoms with van der Waals surface area (Å²) in [5.41, 5.74) is 3.16. The number of rotatable bonds is 2. The van der Waals surface area contributed by atoms with Crippen LogP contribution in [0.2, 0.25) is 0 Å². The molecule has 0 spiro atoms. The molecule has 0 aliphatic carbocycles. The Hall–Kier alpha value is -2.14. The quantitative estimate of drug-likeness (QED) is 0.604. The van der Waals surface area contributed by atoms with Gasteiger partial charge in [-0.25, -0.2) is 4.79 Å². The Morgan fingerprint density at radius 1 is 1.20 bits per heavy atom. The van der Waals surface area contributed by atoms with Crippen molar-refractivity contribution in [3.63, 3.8) is 0 Å². The monoisotopic (exact) mass is 272 g/mol. The zero-order chi connectivity index (χ0) is 13.9. The third-order valence-electron chi connectivity index (χ3n) is 3.38. The lowest BCUT2D eigenvalue weighted by atomic mass is 10.0. The molecule has 1 aromatic rings. The number of oxime groups is 1. The van der Waals surface area contributed by atoms with Crippen LogP contribution in [-0.2, 0) is 14.4 Å². The lowest BCUT2D eigenvalue weighted by Crippen LogP contribution is -2.33. The van der Waals surface area contributed by atoms with Gasteiger partial charge in [-0.2, -0.15) is 0 Å². The lowest BCUT2D eigenvalue weighted by molar-refractivity contribution is -0.137. The fraction of sp³-hybridized carbons (Fsp3) is 0.333. The van der Waals surface area contributed by atoms with Crippen LogP contribution in [0.25, 0.3) is 0 Å². The molecule has 0 atom stereocenters. The van der Waals surface area contributed by atoms with Gasteiger partial charge >= 0.3 is 5.97 Å². The smallest absolute Gasteiger partial charge is 0.369 e. The van der Waals surface area contributed by atoms with Crippen molar-refractivity contribution in [3.05, 3.63) is 47.2 Å². The number of ether oxygens (including phenoxy) is 1. The second-order valence-corrected chi connectivity index (χ2v) is 4.88. The van der Waals surface area contributed by atoms with Crippen molar-refractivity contribution < 1.29 is 14.4 Å². The third-order valence-corrected chi connectivity index (χ3v) is 3.38. The van der Waals surface area contributed by atoms with Gasteiger partial charge in [0.1, 0.15) is 11.3 Å². The molecular formula is C15H16N2O3. The van der Waals surface area contributed by atoms with E-state index in [1.54, 1.807) is 0 Å². The maximum absolute atomic E-state index is 11.8. The van der Waals surface area contributed by atoms with Gasteiger partial charge in [0.25, 0.3) is 0 Å². The highest BCUT2D eigenvalue weighted by Crippen LogP contribution is 2.19. The molecule has 0 saturated carbocycles. The predicted octanol–water partition coefficient (Wildman–Crippen LogP) is 1.47. The molecule has 0 radical (unpaired) electrons. The molecule has 0 amide bonds. The summed E-state index contributed by atoms with van der Waals surface area (Å²) in [6, 6.07) is 7.88. The van der Waals surface area contributed by atoms with Crippen LogP contribution < -0.4 is 0 Å². The number of nitrogens with zero attached hydrogens (tertiary/aromatic N) is 2. The molecule has 5 nitrogen and oxygen atoms in total. The summed E-state index contributed by atoms with van der Waals surface area (Å²) in [6.45, 7) is 4.92. The molecule has 104 valence electrons. The number of carbonyl (C=O) groups excluding carboxylic acids is 1. The number of carbonyl (C=O) groups is 1. The molecule has 5 heteroatoms. The molecule has 3 rings (SSSR count). The molecule has 2 aliphatic rings. The first kappa shape index (κ1) is 12.9. The van der Waals surface area contributed by atoms with E-state index in [2.05, 4.69) is 10.1 Å². The average molecular weight is 272 g/mol. The van der Waals surface area contributed by atoms with Crippen molar-refractivity contribution in [1.82, 2.24) is 4.90 Å². The normalized spacial score (nSPS) is 21.1. The van der Waals surface area contributed by atoms with E-state index in [0.29, 0.717) is 24.5 Å². The Bertz CT molecular complexity index is 569. The van der Waals surface area contributed by atoms with E-state index in [4.69, 9.17) is 9.57 Å². The summed E-state index contributed by atoms with van der Waals surface area (Å²) in [5.74, 6) is -0.396. The Labute approximate surface area is 117 Å². The maximum Gasteiger partial charge on any atom is 0.369 e. The van der Waals surface area contributed by atoms with Crippen molar-refractivity contribution in [3.8, 4) is 0 Å². The van der Waals surface area contributed by atoms with Gasteiger partial charge in [-0.3, -0.25) is 0 Å². The summed E-state index contributed by atoms with van der Waals surface area (Å²) in [5, 5.41) is 3.90. The third kappa shape index (κ3) is 2.58. The minimum Gasteiger partial charge on any atom is -0.378 e. The van der Waals surface area contributed by atoms with E-state index in [1.807, 2.05) is 37.4 Å². The fourth-order valence-corrected chi connectivity index (χ4v) is 2.20. The Morgan fingerprint density at radius 2 is 1.90 bits per heavy atom. The van der Waals surface area contributed by atoms with Crippen LogP contribution in [0.3, 0.4) is 0 Å². The van der Waals surface area contributed by atoms with E-state index in [-0.39, 0.29) is 0 Å². The molecule has 1 fully saturated rings. The summed E-state index contributed by atoms with van der Waals surface area (Å²) in [6.07, 6.45) is 1.83. The molecule has 2 heterocycles. The highest BCUT2D eigenvalue weighted by molar-refractivity contribution is 6.28. The van der Waals surface area contributed by atoms with Crippen molar-refractivity contribution in [1.29, 1.82) is 0 Å². The van der Waals surface area contributed by atoms with Gasteiger partial charge < -0.3 is 14.5 Å². The molecule has 20 heavy (non-hydrogen) atoms. The largest absolute Gasteiger partial charge is 0.378 e.